The summed E-state index contributed by atoms with van der Waals surface area (Å²) in [6, 6.07) is 5.13. The van der Waals surface area contributed by atoms with Crippen LogP contribution in [0.2, 0.25) is 0 Å². The predicted octanol–water partition coefficient (Wildman–Crippen LogP) is 2.71. The second kappa shape index (κ2) is 5.22. The van der Waals surface area contributed by atoms with E-state index in [0.29, 0.717) is 5.41 Å². The van der Waals surface area contributed by atoms with Gasteiger partial charge in [-0.1, -0.05) is 6.07 Å². The van der Waals surface area contributed by atoms with Gasteiger partial charge < -0.3 is 5.32 Å². The molecule has 2 aliphatic rings. The molecule has 0 radical (unpaired) electrons. The van der Waals surface area contributed by atoms with Crippen LogP contribution in [-0.4, -0.2) is 31.1 Å². The first-order valence-corrected chi connectivity index (χ1v) is 7.35. The summed E-state index contributed by atoms with van der Waals surface area (Å²) in [7, 11) is 0. The number of aryl methyl sites for hydroxylation is 1. The molecule has 2 saturated heterocycles. The highest BCUT2D eigenvalue weighted by Gasteiger charge is 2.36. The summed E-state index contributed by atoms with van der Waals surface area (Å²) < 4.78 is 13.3. The van der Waals surface area contributed by atoms with Crippen LogP contribution in [0.1, 0.15) is 30.4 Å². The Balaban J connectivity index is 1.61. The molecule has 1 spiro atoms. The first-order valence-electron chi connectivity index (χ1n) is 7.35. The minimum atomic E-state index is -0.117. The highest BCUT2D eigenvalue weighted by molar-refractivity contribution is 5.26. The molecule has 2 heterocycles. The molecule has 0 aromatic heterocycles. The minimum absolute atomic E-state index is 0.117. The van der Waals surface area contributed by atoms with E-state index in [9.17, 15) is 4.39 Å². The molecule has 0 aliphatic carbocycles. The quantitative estimate of drug-likeness (QED) is 0.881. The van der Waals surface area contributed by atoms with Crippen LogP contribution in [0.3, 0.4) is 0 Å². The van der Waals surface area contributed by atoms with Gasteiger partial charge in [0.25, 0.3) is 0 Å². The lowest BCUT2D eigenvalue weighted by Crippen LogP contribution is -2.40. The van der Waals surface area contributed by atoms with Gasteiger partial charge in [0.1, 0.15) is 5.82 Å². The van der Waals surface area contributed by atoms with Crippen molar-refractivity contribution in [3.8, 4) is 0 Å². The Kier molecular flexibility index (Phi) is 3.59. The average Bonchev–Trinajstić information content (AvgIpc) is 2.85. The van der Waals surface area contributed by atoms with E-state index in [1.165, 1.54) is 37.9 Å². The molecule has 1 aromatic carbocycles. The average molecular weight is 262 g/mol. The molecule has 1 N–H and O–H groups in total. The van der Waals surface area contributed by atoms with E-state index < -0.39 is 0 Å². The first kappa shape index (κ1) is 13.1. The fraction of sp³-hybridized carbons (Fsp3) is 0.625. The molecule has 0 bridgehead atoms. The van der Waals surface area contributed by atoms with Gasteiger partial charge in [0.05, 0.1) is 0 Å². The molecule has 0 saturated carbocycles. The molecule has 1 aromatic rings. The van der Waals surface area contributed by atoms with Crippen molar-refractivity contribution in [2.24, 2.45) is 5.41 Å². The first-order chi connectivity index (χ1) is 9.17. The summed E-state index contributed by atoms with van der Waals surface area (Å²) in [5.41, 5.74) is 2.90. The van der Waals surface area contributed by atoms with Crippen molar-refractivity contribution < 1.29 is 4.39 Å². The van der Waals surface area contributed by atoms with Crippen LogP contribution >= 0.6 is 0 Å². The van der Waals surface area contributed by atoms with Crippen molar-refractivity contribution in [2.75, 3.05) is 26.2 Å². The fourth-order valence-corrected chi connectivity index (χ4v) is 3.46. The summed E-state index contributed by atoms with van der Waals surface area (Å²) in [6.07, 6.45) is 3.91. The number of piperidine rings is 1. The van der Waals surface area contributed by atoms with Crippen LogP contribution in [-0.2, 0) is 6.54 Å². The summed E-state index contributed by atoms with van der Waals surface area (Å²) in [6.45, 7) is 7.65. The van der Waals surface area contributed by atoms with E-state index in [0.717, 1.165) is 25.2 Å². The summed E-state index contributed by atoms with van der Waals surface area (Å²) >= 11 is 0. The van der Waals surface area contributed by atoms with Crippen molar-refractivity contribution >= 4 is 0 Å². The van der Waals surface area contributed by atoms with Gasteiger partial charge >= 0.3 is 0 Å². The number of rotatable bonds is 2. The Labute approximate surface area is 115 Å². The van der Waals surface area contributed by atoms with Gasteiger partial charge in [0, 0.05) is 13.1 Å². The van der Waals surface area contributed by atoms with Crippen LogP contribution in [0, 0.1) is 18.2 Å². The summed E-state index contributed by atoms with van der Waals surface area (Å²) in [5, 5.41) is 3.50. The molecule has 104 valence electrons. The maximum atomic E-state index is 13.3. The third-order valence-corrected chi connectivity index (χ3v) is 4.95. The lowest BCUT2D eigenvalue weighted by atomic mass is 9.78. The van der Waals surface area contributed by atoms with Crippen LogP contribution in [0.25, 0.3) is 0 Å². The van der Waals surface area contributed by atoms with Gasteiger partial charge in [-0.2, -0.15) is 0 Å². The molecular formula is C16H23FN2. The highest BCUT2D eigenvalue weighted by atomic mass is 19.1. The number of likely N-dealkylation sites (tertiary alicyclic amines) is 1. The molecule has 19 heavy (non-hydrogen) atoms. The van der Waals surface area contributed by atoms with Crippen molar-refractivity contribution in [2.45, 2.75) is 32.7 Å². The van der Waals surface area contributed by atoms with Crippen LogP contribution in [0.4, 0.5) is 4.39 Å². The molecule has 2 fully saturated rings. The van der Waals surface area contributed by atoms with E-state index in [2.05, 4.69) is 17.1 Å². The lowest BCUT2D eigenvalue weighted by Gasteiger charge is -2.39. The molecule has 3 rings (SSSR count). The van der Waals surface area contributed by atoms with Crippen molar-refractivity contribution in [1.29, 1.82) is 0 Å². The maximum Gasteiger partial charge on any atom is 0.123 e. The van der Waals surface area contributed by atoms with Crippen LogP contribution in [0.5, 0.6) is 0 Å². The SMILES string of the molecule is Cc1ccc(F)cc1CN1CCC2(CCNC2)CC1. The van der Waals surface area contributed by atoms with Gasteiger partial charge in [0.15, 0.2) is 0 Å². The van der Waals surface area contributed by atoms with Gasteiger partial charge in [-0.3, -0.25) is 4.90 Å². The molecule has 0 atom stereocenters. The van der Waals surface area contributed by atoms with Gasteiger partial charge in [0.2, 0.25) is 0 Å². The van der Waals surface area contributed by atoms with Crippen molar-refractivity contribution in [3.05, 3.63) is 35.1 Å². The van der Waals surface area contributed by atoms with Gasteiger partial charge in [-0.25, -0.2) is 4.39 Å². The van der Waals surface area contributed by atoms with E-state index in [4.69, 9.17) is 0 Å². The number of halogens is 1. The van der Waals surface area contributed by atoms with Crippen molar-refractivity contribution in [1.82, 2.24) is 10.2 Å². The number of nitrogens with zero attached hydrogens (tertiary/aromatic N) is 1. The largest absolute Gasteiger partial charge is 0.316 e. The Morgan fingerprint density at radius 3 is 2.74 bits per heavy atom. The molecule has 2 nitrogen and oxygen atoms in total. The third-order valence-electron chi connectivity index (χ3n) is 4.95. The van der Waals surface area contributed by atoms with E-state index >= 15 is 0 Å². The zero-order chi connectivity index (χ0) is 13.3. The standard InChI is InChI=1S/C16H23FN2/c1-13-2-3-15(17)10-14(13)11-19-8-5-16(6-9-19)4-7-18-12-16/h2-3,10,18H,4-9,11-12H2,1H3. The normalized spacial score (nSPS) is 23.1. The van der Waals surface area contributed by atoms with Crippen molar-refractivity contribution in [3.63, 3.8) is 0 Å². The number of nitrogens with one attached hydrogen (secondary N) is 1. The lowest BCUT2D eigenvalue weighted by molar-refractivity contribution is 0.113. The highest BCUT2D eigenvalue weighted by Crippen LogP contribution is 2.37. The van der Waals surface area contributed by atoms with Gasteiger partial charge in [-0.15, -0.1) is 0 Å². The predicted molar refractivity (Wildman–Crippen MR) is 75.6 cm³/mol. The Morgan fingerprint density at radius 1 is 1.26 bits per heavy atom. The van der Waals surface area contributed by atoms with E-state index in [1.807, 2.05) is 6.07 Å². The minimum Gasteiger partial charge on any atom is -0.316 e. The zero-order valence-corrected chi connectivity index (χ0v) is 11.7. The monoisotopic (exact) mass is 262 g/mol. The molecule has 0 unspecified atom stereocenters. The fourth-order valence-electron chi connectivity index (χ4n) is 3.46. The second-order valence-electron chi connectivity index (χ2n) is 6.27. The number of hydrogen-bond acceptors (Lipinski definition) is 2. The van der Waals surface area contributed by atoms with E-state index in [1.54, 1.807) is 12.1 Å². The Bertz CT molecular complexity index is 442. The summed E-state index contributed by atoms with van der Waals surface area (Å²) in [4.78, 5) is 2.48. The summed E-state index contributed by atoms with van der Waals surface area (Å²) in [5.74, 6) is -0.117. The molecule has 3 heteroatoms. The Morgan fingerprint density at radius 2 is 2.05 bits per heavy atom. The Hall–Kier alpha value is -0.930. The maximum absolute atomic E-state index is 13.3. The molecular weight excluding hydrogens is 239 g/mol. The van der Waals surface area contributed by atoms with Gasteiger partial charge in [-0.05, 0) is 74.5 Å². The van der Waals surface area contributed by atoms with Crippen LogP contribution in [0.15, 0.2) is 18.2 Å². The third kappa shape index (κ3) is 2.82. The number of benzene rings is 1. The van der Waals surface area contributed by atoms with E-state index in [-0.39, 0.29) is 5.82 Å². The molecule has 2 aliphatic heterocycles. The number of hydrogen-bond donors (Lipinski definition) is 1. The topological polar surface area (TPSA) is 15.3 Å². The second-order valence-corrected chi connectivity index (χ2v) is 6.27. The molecule has 0 amide bonds. The smallest absolute Gasteiger partial charge is 0.123 e. The van der Waals surface area contributed by atoms with Crippen LogP contribution < -0.4 is 5.32 Å². The zero-order valence-electron chi connectivity index (χ0n) is 11.7.